The molecule has 1 aliphatic heterocycles. The summed E-state index contributed by atoms with van der Waals surface area (Å²) < 4.78 is 1.59. The lowest BCUT2D eigenvalue weighted by Crippen LogP contribution is -2.45. The standard InChI is InChI=1S/C19H30N4O2/c1-14(2)3-6-18(24)21-16-7-9-22(10-8-16)17-11-19(25)23(20-12-17)13-15-4-5-15/h11-12,14-16H,3-10,13H2,1-2H3,(H,21,24). The van der Waals surface area contributed by atoms with Crippen LogP contribution in [0.3, 0.4) is 0 Å². The van der Waals surface area contributed by atoms with E-state index < -0.39 is 0 Å². The molecule has 1 aliphatic carbocycles. The summed E-state index contributed by atoms with van der Waals surface area (Å²) >= 11 is 0. The number of carbonyl (C=O) groups is 1. The first-order valence-electron chi connectivity index (χ1n) is 9.62. The third-order valence-electron chi connectivity index (χ3n) is 5.16. The SMILES string of the molecule is CC(C)CCC(=O)NC1CCN(c2cnn(CC3CC3)c(=O)c2)CC1. The Morgan fingerprint density at radius 3 is 2.60 bits per heavy atom. The molecule has 1 saturated carbocycles. The van der Waals surface area contributed by atoms with Crippen LogP contribution in [0.5, 0.6) is 0 Å². The minimum Gasteiger partial charge on any atom is -0.370 e. The molecule has 3 rings (SSSR count). The maximum Gasteiger partial charge on any atom is 0.268 e. The Hall–Kier alpha value is -1.85. The number of piperidine rings is 1. The molecule has 1 aromatic heterocycles. The predicted octanol–water partition coefficient (Wildman–Crippen LogP) is 2.17. The Kier molecular flexibility index (Phi) is 5.76. The minimum atomic E-state index is -0.00601. The van der Waals surface area contributed by atoms with E-state index in [1.165, 1.54) is 12.8 Å². The van der Waals surface area contributed by atoms with Crippen LogP contribution in [-0.4, -0.2) is 34.8 Å². The Bertz CT molecular complexity index is 643. The molecule has 0 aromatic carbocycles. The summed E-state index contributed by atoms with van der Waals surface area (Å²) in [6.45, 7) is 6.73. The molecule has 0 unspecified atom stereocenters. The zero-order valence-corrected chi connectivity index (χ0v) is 15.4. The van der Waals surface area contributed by atoms with Crippen molar-refractivity contribution in [2.75, 3.05) is 18.0 Å². The number of hydrogen-bond donors (Lipinski definition) is 1. The summed E-state index contributed by atoms with van der Waals surface area (Å²) in [7, 11) is 0. The van der Waals surface area contributed by atoms with Crippen molar-refractivity contribution in [3.05, 3.63) is 22.6 Å². The summed E-state index contributed by atoms with van der Waals surface area (Å²) in [6.07, 6.45) is 7.62. The lowest BCUT2D eigenvalue weighted by atomic mass is 10.0. The highest BCUT2D eigenvalue weighted by Gasteiger charge is 2.24. The van der Waals surface area contributed by atoms with E-state index in [4.69, 9.17) is 0 Å². The molecule has 6 heteroatoms. The largest absolute Gasteiger partial charge is 0.370 e. The van der Waals surface area contributed by atoms with E-state index in [1.54, 1.807) is 10.7 Å². The zero-order valence-electron chi connectivity index (χ0n) is 15.4. The molecule has 0 atom stereocenters. The van der Waals surface area contributed by atoms with E-state index in [2.05, 4.69) is 29.2 Å². The van der Waals surface area contributed by atoms with Crippen molar-refractivity contribution in [2.24, 2.45) is 11.8 Å². The molecule has 1 aromatic rings. The topological polar surface area (TPSA) is 67.2 Å². The van der Waals surface area contributed by atoms with Gasteiger partial charge in [0.05, 0.1) is 11.9 Å². The maximum absolute atomic E-state index is 12.2. The number of rotatable bonds is 7. The Morgan fingerprint density at radius 2 is 2.00 bits per heavy atom. The average molecular weight is 346 g/mol. The molecule has 1 amide bonds. The van der Waals surface area contributed by atoms with Gasteiger partial charge < -0.3 is 10.2 Å². The van der Waals surface area contributed by atoms with Gasteiger partial charge in [0.2, 0.25) is 5.91 Å². The lowest BCUT2D eigenvalue weighted by molar-refractivity contribution is -0.122. The average Bonchev–Trinajstić information content (AvgIpc) is 3.40. The zero-order chi connectivity index (χ0) is 17.8. The van der Waals surface area contributed by atoms with E-state index in [1.807, 2.05) is 6.20 Å². The highest BCUT2D eigenvalue weighted by molar-refractivity contribution is 5.76. The fraction of sp³-hybridized carbons (Fsp3) is 0.737. The number of carbonyl (C=O) groups excluding carboxylic acids is 1. The molecular weight excluding hydrogens is 316 g/mol. The predicted molar refractivity (Wildman–Crippen MR) is 98.7 cm³/mol. The minimum absolute atomic E-state index is 0.00601. The molecule has 2 heterocycles. The Balaban J connectivity index is 1.47. The van der Waals surface area contributed by atoms with Crippen molar-refractivity contribution in [2.45, 2.75) is 65.0 Å². The first-order valence-corrected chi connectivity index (χ1v) is 9.62. The number of aromatic nitrogens is 2. The van der Waals surface area contributed by atoms with Crippen molar-refractivity contribution in [3.8, 4) is 0 Å². The molecule has 0 spiro atoms. The van der Waals surface area contributed by atoms with Crippen molar-refractivity contribution >= 4 is 11.6 Å². The lowest BCUT2D eigenvalue weighted by Gasteiger charge is -2.33. The van der Waals surface area contributed by atoms with Gasteiger partial charge in [0.25, 0.3) is 5.56 Å². The summed E-state index contributed by atoms with van der Waals surface area (Å²) in [5.74, 6) is 1.37. The highest BCUT2D eigenvalue weighted by atomic mass is 16.1. The molecule has 138 valence electrons. The summed E-state index contributed by atoms with van der Waals surface area (Å²) in [4.78, 5) is 26.4. The number of nitrogens with zero attached hydrogens (tertiary/aromatic N) is 3. The summed E-state index contributed by atoms with van der Waals surface area (Å²) in [6, 6.07) is 1.95. The molecule has 0 bridgehead atoms. The second kappa shape index (κ2) is 8.02. The van der Waals surface area contributed by atoms with Gasteiger partial charge >= 0.3 is 0 Å². The normalized spacial score (nSPS) is 18.6. The van der Waals surface area contributed by atoms with E-state index in [9.17, 15) is 9.59 Å². The molecule has 1 saturated heterocycles. The van der Waals surface area contributed by atoms with Crippen LogP contribution < -0.4 is 15.8 Å². The quantitative estimate of drug-likeness (QED) is 0.822. The Labute approximate surface area is 149 Å². The first kappa shape index (κ1) is 18.0. The van der Waals surface area contributed by atoms with E-state index in [0.29, 0.717) is 18.3 Å². The second-order valence-corrected chi connectivity index (χ2v) is 7.94. The Morgan fingerprint density at radius 1 is 1.28 bits per heavy atom. The van der Waals surface area contributed by atoms with Gasteiger partial charge in [-0.15, -0.1) is 0 Å². The van der Waals surface area contributed by atoms with Crippen LogP contribution in [0.2, 0.25) is 0 Å². The van der Waals surface area contributed by atoms with Crippen LogP contribution in [0.4, 0.5) is 5.69 Å². The van der Waals surface area contributed by atoms with Gasteiger partial charge in [-0.3, -0.25) is 9.59 Å². The van der Waals surface area contributed by atoms with Crippen molar-refractivity contribution < 1.29 is 4.79 Å². The smallest absolute Gasteiger partial charge is 0.268 e. The van der Waals surface area contributed by atoms with Gasteiger partial charge in [0.1, 0.15) is 0 Å². The molecule has 6 nitrogen and oxygen atoms in total. The highest BCUT2D eigenvalue weighted by Crippen LogP contribution is 2.29. The molecule has 25 heavy (non-hydrogen) atoms. The van der Waals surface area contributed by atoms with Crippen LogP contribution in [0.15, 0.2) is 17.1 Å². The van der Waals surface area contributed by atoms with E-state index in [0.717, 1.165) is 44.6 Å². The molecule has 2 fully saturated rings. The van der Waals surface area contributed by atoms with Crippen molar-refractivity contribution in [1.29, 1.82) is 0 Å². The van der Waals surface area contributed by atoms with Gasteiger partial charge in [-0.05, 0) is 43.9 Å². The van der Waals surface area contributed by atoms with Gasteiger partial charge in [0, 0.05) is 38.2 Å². The number of hydrogen-bond acceptors (Lipinski definition) is 4. The van der Waals surface area contributed by atoms with Gasteiger partial charge in [0.15, 0.2) is 0 Å². The van der Waals surface area contributed by atoms with Crippen LogP contribution >= 0.6 is 0 Å². The van der Waals surface area contributed by atoms with Crippen molar-refractivity contribution in [3.63, 3.8) is 0 Å². The molecule has 0 radical (unpaired) electrons. The fourth-order valence-corrected chi connectivity index (χ4v) is 3.28. The van der Waals surface area contributed by atoms with E-state index >= 15 is 0 Å². The third-order valence-corrected chi connectivity index (χ3v) is 5.16. The van der Waals surface area contributed by atoms with Crippen LogP contribution in [-0.2, 0) is 11.3 Å². The molecule has 2 aliphatic rings. The van der Waals surface area contributed by atoms with E-state index in [-0.39, 0.29) is 17.5 Å². The van der Waals surface area contributed by atoms with Gasteiger partial charge in [-0.2, -0.15) is 5.10 Å². The number of nitrogens with one attached hydrogen (secondary N) is 1. The second-order valence-electron chi connectivity index (χ2n) is 7.94. The number of anilines is 1. The fourth-order valence-electron chi connectivity index (χ4n) is 3.28. The van der Waals surface area contributed by atoms with Crippen LogP contribution in [0.1, 0.15) is 52.4 Å². The first-order chi connectivity index (χ1) is 12.0. The third kappa shape index (κ3) is 5.31. The maximum atomic E-state index is 12.2. The molecular formula is C19H30N4O2. The van der Waals surface area contributed by atoms with Gasteiger partial charge in [-0.1, -0.05) is 13.8 Å². The van der Waals surface area contributed by atoms with Gasteiger partial charge in [-0.25, -0.2) is 4.68 Å². The monoisotopic (exact) mass is 346 g/mol. The van der Waals surface area contributed by atoms with Crippen LogP contribution in [0, 0.1) is 11.8 Å². The summed E-state index contributed by atoms with van der Waals surface area (Å²) in [5, 5.41) is 7.48. The number of amides is 1. The summed E-state index contributed by atoms with van der Waals surface area (Å²) in [5.41, 5.74) is 0.898. The molecule has 1 N–H and O–H groups in total. The van der Waals surface area contributed by atoms with Crippen molar-refractivity contribution in [1.82, 2.24) is 15.1 Å². The van der Waals surface area contributed by atoms with Crippen LogP contribution in [0.25, 0.3) is 0 Å².